The average Bonchev–Trinajstić information content (AvgIpc) is 2.53. The molecule has 0 bridgehead atoms. The second kappa shape index (κ2) is 7.11. The Hall–Kier alpha value is -2.04. The molecular formula is C16H23N3O2. The van der Waals surface area contributed by atoms with Crippen LogP contribution in [0.25, 0.3) is 0 Å². The number of nitrogens with one attached hydrogen (secondary N) is 1. The third-order valence-electron chi connectivity index (χ3n) is 4.05. The molecule has 5 nitrogen and oxygen atoms in total. The quantitative estimate of drug-likeness (QED) is 0.336. The van der Waals surface area contributed by atoms with Gasteiger partial charge in [0.15, 0.2) is 5.84 Å². The molecule has 0 saturated carbocycles. The smallest absolute Gasteiger partial charge is 0.228 e. The van der Waals surface area contributed by atoms with Gasteiger partial charge in [-0.2, -0.15) is 0 Å². The lowest BCUT2D eigenvalue weighted by atomic mass is 9.82. The summed E-state index contributed by atoms with van der Waals surface area (Å²) in [6.07, 6.45) is 4.39. The minimum absolute atomic E-state index is 0.0350. The van der Waals surface area contributed by atoms with Crippen LogP contribution < -0.4 is 11.1 Å². The maximum atomic E-state index is 12.6. The number of carbonyl (C=O) groups excluding carboxylic acids is 1. The number of rotatable bonds is 5. The Morgan fingerprint density at radius 2 is 2.29 bits per heavy atom. The normalized spacial score (nSPS) is 19.7. The van der Waals surface area contributed by atoms with E-state index in [0.717, 1.165) is 31.2 Å². The van der Waals surface area contributed by atoms with Gasteiger partial charge in [-0.1, -0.05) is 42.8 Å². The molecule has 1 amide bonds. The number of hydrogen-bond donors (Lipinski definition) is 3. The molecule has 5 heteroatoms. The van der Waals surface area contributed by atoms with Gasteiger partial charge in [-0.15, -0.1) is 0 Å². The third kappa shape index (κ3) is 3.54. The Bertz CT molecular complexity index is 528. The molecule has 0 aromatic heterocycles. The summed E-state index contributed by atoms with van der Waals surface area (Å²) >= 11 is 0. The molecule has 1 aromatic carbocycles. The van der Waals surface area contributed by atoms with Crippen LogP contribution in [-0.2, 0) is 11.2 Å². The summed E-state index contributed by atoms with van der Waals surface area (Å²) in [4.78, 5) is 12.6. The van der Waals surface area contributed by atoms with Crippen LogP contribution in [-0.4, -0.2) is 23.0 Å². The van der Waals surface area contributed by atoms with Crippen molar-refractivity contribution in [2.45, 2.75) is 51.0 Å². The lowest BCUT2D eigenvalue weighted by Gasteiger charge is -2.26. The molecule has 0 radical (unpaired) electrons. The van der Waals surface area contributed by atoms with Gasteiger partial charge in [-0.05, 0) is 36.8 Å². The topological polar surface area (TPSA) is 87.7 Å². The number of oxime groups is 1. The van der Waals surface area contributed by atoms with Crippen LogP contribution in [0.4, 0.5) is 0 Å². The largest absolute Gasteiger partial charge is 0.409 e. The first-order valence-corrected chi connectivity index (χ1v) is 7.53. The zero-order valence-electron chi connectivity index (χ0n) is 12.4. The highest BCUT2D eigenvalue weighted by Crippen LogP contribution is 2.31. The van der Waals surface area contributed by atoms with Crippen LogP contribution >= 0.6 is 0 Å². The monoisotopic (exact) mass is 289 g/mol. The van der Waals surface area contributed by atoms with E-state index in [1.807, 2.05) is 25.1 Å². The fourth-order valence-electron chi connectivity index (χ4n) is 2.95. The maximum Gasteiger partial charge on any atom is 0.228 e. The number of carbonyl (C=O) groups is 1. The van der Waals surface area contributed by atoms with Gasteiger partial charge in [0.2, 0.25) is 5.91 Å². The summed E-state index contributed by atoms with van der Waals surface area (Å²) in [6.45, 7) is 2.00. The van der Waals surface area contributed by atoms with Crippen molar-refractivity contribution < 1.29 is 10.0 Å². The summed E-state index contributed by atoms with van der Waals surface area (Å²) < 4.78 is 0. The summed E-state index contributed by atoms with van der Waals surface area (Å²) in [5.74, 6) is -0.109. The molecule has 2 unspecified atom stereocenters. The molecule has 0 saturated heterocycles. The Labute approximate surface area is 125 Å². The molecule has 21 heavy (non-hydrogen) atoms. The number of nitrogens with zero attached hydrogens (tertiary/aromatic N) is 1. The van der Waals surface area contributed by atoms with E-state index in [4.69, 9.17) is 10.9 Å². The van der Waals surface area contributed by atoms with Crippen LogP contribution in [0.2, 0.25) is 0 Å². The van der Waals surface area contributed by atoms with Gasteiger partial charge in [0, 0.05) is 0 Å². The fraction of sp³-hybridized carbons (Fsp3) is 0.500. The van der Waals surface area contributed by atoms with Crippen LogP contribution in [0, 0.1) is 0 Å². The predicted molar refractivity (Wildman–Crippen MR) is 82.4 cm³/mol. The van der Waals surface area contributed by atoms with Gasteiger partial charge in [0.1, 0.15) is 0 Å². The molecule has 0 fully saturated rings. The molecule has 2 atom stereocenters. The first-order valence-electron chi connectivity index (χ1n) is 7.53. The number of hydrogen-bond acceptors (Lipinski definition) is 3. The zero-order chi connectivity index (χ0) is 15.2. The maximum absolute atomic E-state index is 12.6. The predicted octanol–water partition coefficient (Wildman–Crippen LogP) is 2.14. The molecule has 1 aliphatic carbocycles. The Kier molecular flexibility index (Phi) is 5.20. The lowest BCUT2D eigenvalue weighted by Crippen LogP contribution is -2.46. The SMILES string of the molecule is CCCC(NC(=O)C1CCCc2ccccc21)C(N)=NO. The number of benzene rings is 1. The number of nitrogens with two attached hydrogens (primary N) is 1. The third-order valence-corrected chi connectivity index (χ3v) is 4.05. The summed E-state index contributed by atoms with van der Waals surface area (Å²) in [7, 11) is 0. The molecule has 0 heterocycles. The highest BCUT2D eigenvalue weighted by molar-refractivity contribution is 5.92. The van der Waals surface area contributed by atoms with Crippen molar-refractivity contribution in [2.75, 3.05) is 0 Å². The molecular weight excluding hydrogens is 266 g/mol. The van der Waals surface area contributed by atoms with Crippen molar-refractivity contribution in [1.29, 1.82) is 0 Å². The van der Waals surface area contributed by atoms with Crippen molar-refractivity contribution in [3.8, 4) is 0 Å². The minimum Gasteiger partial charge on any atom is -0.409 e. The molecule has 2 rings (SSSR count). The summed E-state index contributed by atoms with van der Waals surface area (Å²) in [6, 6.07) is 7.69. The molecule has 0 spiro atoms. The van der Waals surface area contributed by atoms with E-state index in [0.29, 0.717) is 6.42 Å². The van der Waals surface area contributed by atoms with E-state index in [2.05, 4.69) is 16.5 Å². The van der Waals surface area contributed by atoms with Crippen LogP contribution in [0.15, 0.2) is 29.4 Å². The summed E-state index contributed by atoms with van der Waals surface area (Å²) in [5, 5.41) is 14.8. The van der Waals surface area contributed by atoms with Crippen LogP contribution in [0.5, 0.6) is 0 Å². The Balaban J connectivity index is 2.13. The highest BCUT2D eigenvalue weighted by atomic mass is 16.4. The van der Waals surface area contributed by atoms with Gasteiger partial charge in [-0.3, -0.25) is 4.79 Å². The number of amidine groups is 1. The van der Waals surface area contributed by atoms with Crippen LogP contribution in [0.3, 0.4) is 0 Å². The van der Waals surface area contributed by atoms with Crippen molar-refractivity contribution in [1.82, 2.24) is 5.32 Å². The summed E-state index contributed by atoms with van der Waals surface area (Å²) in [5.41, 5.74) is 8.02. The Morgan fingerprint density at radius 1 is 1.52 bits per heavy atom. The van der Waals surface area contributed by atoms with Crippen LogP contribution in [0.1, 0.15) is 49.7 Å². The van der Waals surface area contributed by atoms with Gasteiger partial charge >= 0.3 is 0 Å². The van der Waals surface area contributed by atoms with E-state index in [9.17, 15) is 4.79 Å². The van der Waals surface area contributed by atoms with Gasteiger partial charge < -0.3 is 16.3 Å². The van der Waals surface area contributed by atoms with E-state index in [1.54, 1.807) is 0 Å². The van der Waals surface area contributed by atoms with Crippen molar-refractivity contribution in [3.05, 3.63) is 35.4 Å². The Morgan fingerprint density at radius 3 is 3.00 bits per heavy atom. The number of aryl methyl sites for hydroxylation is 1. The molecule has 4 N–H and O–H groups in total. The number of fused-ring (bicyclic) bond motifs is 1. The first-order chi connectivity index (χ1) is 10.2. The lowest BCUT2D eigenvalue weighted by molar-refractivity contribution is -0.123. The van der Waals surface area contributed by atoms with Gasteiger partial charge in [-0.25, -0.2) is 0 Å². The van der Waals surface area contributed by atoms with E-state index in [1.165, 1.54) is 5.56 Å². The molecule has 114 valence electrons. The van der Waals surface area contributed by atoms with E-state index < -0.39 is 6.04 Å². The first kappa shape index (κ1) is 15.4. The van der Waals surface area contributed by atoms with Crippen molar-refractivity contribution in [3.63, 3.8) is 0 Å². The fourth-order valence-corrected chi connectivity index (χ4v) is 2.95. The molecule has 1 aliphatic rings. The second-order valence-electron chi connectivity index (χ2n) is 5.52. The van der Waals surface area contributed by atoms with Gasteiger partial charge in [0.25, 0.3) is 0 Å². The van der Waals surface area contributed by atoms with E-state index in [-0.39, 0.29) is 17.7 Å². The molecule has 0 aliphatic heterocycles. The second-order valence-corrected chi connectivity index (χ2v) is 5.52. The van der Waals surface area contributed by atoms with E-state index >= 15 is 0 Å². The standard InChI is InChI=1S/C16H23N3O2/c1-2-6-14(15(17)19-21)18-16(20)13-10-5-8-11-7-3-4-9-12(11)13/h3-4,7,9,13-14,21H,2,5-6,8,10H2,1H3,(H2,17,19)(H,18,20). The number of amides is 1. The zero-order valence-corrected chi connectivity index (χ0v) is 12.4. The average molecular weight is 289 g/mol. The van der Waals surface area contributed by atoms with Crippen molar-refractivity contribution in [2.24, 2.45) is 10.9 Å². The van der Waals surface area contributed by atoms with Gasteiger partial charge in [0.05, 0.1) is 12.0 Å². The van der Waals surface area contributed by atoms with Crippen molar-refractivity contribution >= 4 is 11.7 Å². The highest BCUT2D eigenvalue weighted by Gasteiger charge is 2.28. The molecule has 1 aromatic rings. The minimum atomic E-state index is -0.401.